The third-order valence-electron chi connectivity index (χ3n) is 3.20. The second-order valence-electron chi connectivity index (χ2n) is 5.01. The average Bonchev–Trinajstić information content (AvgIpc) is 2.75. The molecule has 2 N–H and O–H groups in total. The monoisotopic (exact) mass is 248 g/mol. The average molecular weight is 248 g/mol. The molecule has 0 amide bonds. The highest BCUT2D eigenvalue weighted by Crippen LogP contribution is 2.18. The lowest BCUT2D eigenvalue weighted by Crippen LogP contribution is -2.49. The molecule has 5 nitrogen and oxygen atoms in total. The Morgan fingerprint density at radius 3 is 2.94 bits per heavy atom. The van der Waals surface area contributed by atoms with Crippen LogP contribution in [0.5, 0.6) is 0 Å². The zero-order chi connectivity index (χ0) is 11.6. The molecule has 0 radical (unpaired) electrons. The van der Waals surface area contributed by atoms with Gasteiger partial charge in [-0.25, -0.2) is 13.1 Å². The van der Waals surface area contributed by atoms with Crippen molar-refractivity contribution in [1.82, 2.24) is 10.0 Å². The second-order valence-corrected chi connectivity index (χ2v) is 6.77. The predicted molar refractivity (Wildman–Crippen MR) is 61.8 cm³/mol. The summed E-state index contributed by atoms with van der Waals surface area (Å²) in [6.07, 6.45) is 2.56. The standard InChI is InChI=1S/C10H20N2O3S/c1-10(4-5-11-8-10)12-16(13,14)7-9-3-2-6-15-9/h9,11-12H,2-8H2,1H3. The fourth-order valence-electron chi connectivity index (χ4n) is 2.34. The fraction of sp³-hybridized carbons (Fsp3) is 1.00. The third-order valence-corrected chi connectivity index (χ3v) is 4.81. The molecule has 94 valence electrons. The van der Waals surface area contributed by atoms with Crippen molar-refractivity contribution in [2.24, 2.45) is 0 Å². The number of sulfonamides is 1. The Morgan fingerprint density at radius 2 is 2.38 bits per heavy atom. The molecule has 2 rings (SSSR count). The van der Waals surface area contributed by atoms with Crippen molar-refractivity contribution in [3.05, 3.63) is 0 Å². The van der Waals surface area contributed by atoms with Crippen molar-refractivity contribution in [3.8, 4) is 0 Å². The molecule has 2 aliphatic rings. The van der Waals surface area contributed by atoms with Gasteiger partial charge in [0.2, 0.25) is 10.0 Å². The molecule has 0 bridgehead atoms. The zero-order valence-corrected chi connectivity index (χ0v) is 10.5. The Bertz CT molecular complexity index is 330. The second kappa shape index (κ2) is 4.60. The molecule has 0 aromatic rings. The van der Waals surface area contributed by atoms with Crippen LogP contribution in [0.2, 0.25) is 0 Å². The van der Waals surface area contributed by atoms with E-state index < -0.39 is 10.0 Å². The van der Waals surface area contributed by atoms with E-state index in [1.54, 1.807) is 0 Å². The summed E-state index contributed by atoms with van der Waals surface area (Å²) in [5.74, 6) is 0.0998. The molecule has 2 aliphatic heterocycles. The Hall–Kier alpha value is -0.170. The topological polar surface area (TPSA) is 67.4 Å². The van der Waals surface area contributed by atoms with Gasteiger partial charge >= 0.3 is 0 Å². The first-order valence-corrected chi connectivity index (χ1v) is 7.48. The Labute approximate surface area is 97.0 Å². The van der Waals surface area contributed by atoms with Gasteiger partial charge in [0.05, 0.1) is 11.9 Å². The molecule has 2 heterocycles. The maximum absolute atomic E-state index is 11.9. The van der Waals surface area contributed by atoms with E-state index in [9.17, 15) is 8.42 Å². The summed E-state index contributed by atoms with van der Waals surface area (Å²) in [6.45, 7) is 4.22. The molecule has 0 aromatic heterocycles. The maximum atomic E-state index is 11.9. The summed E-state index contributed by atoms with van der Waals surface area (Å²) in [7, 11) is -3.22. The number of rotatable bonds is 4. The van der Waals surface area contributed by atoms with Crippen LogP contribution >= 0.6 is 0 Å². The first-order chi connectivity index (χ1) is 7.49. The highest BCUT2D eigenvalue weighted by Gasteiger charge is 2.34. The van der Waals surface area contributed by atoms with Gasteiger partial charge in [-0.15, -0.1) is 0 Å². The van der Waals surface area contributed by atoms with Gasteiger partial charge in [0.15, 0.2) is 0 Å². The predicted octanol–water partition coefficient (Wildman–Crippen LogP) is -0.163. The molecule has 2 unspecified atom stereocenters. The van der Waals surface area contributed by atoms with Gasteiger partial charge in [-0.2, -0.15) is 0 Å². The minimum Gasteiger partial charge on any atom is -0.377 e. The largest absolute Gasteiger partial charge is 0.377 e. The van der Waals surface area contributed by atoms with Crippen molar-refractivity contribution in [3.63, 3.8) is 0 Å². The van der Waals surface area contributed by atoms with Crippen LogP contribution in [0, 0.1) is 0 Å². The summed E-state index contributed by atoms with van der Waals surface area (Å²) < 4.78 is 32.0. The van der Waals surface area contributed by atoms with Gasteiger partial charge in [0.25, 0.3) is 0 Å². The molecule has 0 aliphatic carbocycles. The lowest BCUT2D eigenvalue weighted by molar-refractivity contribution is 0.127. The molecule has 2 fully saturated rings. The van der Waals surface area contributed by atoms with Crippen molar-refractivity contribution >= 4 is 10.0 Å². The van der Waals surface area contributed by atoms with Gasteiger partial charge < -0.3 is 10.1 Å². The molecule has 0 spiro atoms. The summed E-state index contributed by atoms with van der Waals surface area (Å²) in [5, 5.41) is 3.17. The van der Waals surface area contributed by atoms with E-state index in [-0.39, 0.29) is 17.4 Å². The van der Waals surface area contributed by atoms with E-state index in [1.807, 2.05) is 6.92 Å². The van der Waals surface area contributed by atoms with Gasteiger partial charge in [-0.3, -0.25) is 0 Å². The highest BCUT2D eigenvalue weighted by molar-refractivity contribution is 7.89. The lowest BCUT2D eigenvalue weighted by atomic mass is 10.0. The Balaban J connectivity index is 1.91. The molecular formula is C10H20N2O3S. The fourth-order valence-corrected chi connectivity index (χ4v) is 4.10. The van der Waals surface area contributed by atoms with Gasteiger partial charge in [0.1, 0.15) is 0 Å². The quantitative estimate of drug-likeness (QED) is 0.725. The van der Waals surface area contributed by atoms with Gasteiger partial charge in [-0.1, -0.05) is 0 Å². The van der Waals surface area contributed by atoms with Gasteiger partial charge in [-0.05, 0) is 32.7 Å². The molecule has 6 heteroatoms. The van der Waals surface area contributed by atoms with E-state index in [0.29, 0.717) is 13.2 Å². The minimum absolute atomic E-state index is 0.0998. The first kappa shape index (κ1) is 12.3. The third kappa shape index (κ3) is 3.16. The number of ether oxygens (including phenoxy) is 1. The molecule has 0 saturated carbocycles. The number of hydrogen-bond acceptors (Lipinski definition) is 4. The first-order valence-electron chi connectivity index (χ1n) is 5.83. The molecule has 16 heavy (non-hydrogen) atoms. The number of hydrogen-bond donors (Lipinski definition) is 2. The summed E-state index contributed by atoms with van der Waals surface area (Å²) in [4.78, 5) is 0. The lowest BCUT2D eigenvalue weighted by Gasteiger charge is -2.24. The van der Waals surface area contributed by atoms with Crippen LogP contribution in [0.1, 0.15) is 26.2 Å². The van der Waals surface area contributed by atoms with E-state index in [1.165, 1.54) is 0 Å². The van der Waals surface area contributed by atoms with Crippen LogP contribution in [0.15, 0.2) is 0 Å². The van der Waals surface area contributed by atoms with Crippen LogP contribution < -0.4 is 10.0 Å². The van der Waals surface area contributed by atoms with Gasteiger partial charge in [0, 0.05) is 18.7 Å². The van der Waals surface area contributed by atoms with Crippen LogP contribution in [0.4, 0.5) is 0 Å². The Kier molecular flexibility index (Phi) is 3.53. The number of nitrogens with one attached hydrogen (secondary N) is 2. The van der Waals surface area contributed by atoms with Crippen LogP contribution in [-0.4, -0.2) is 45.5 Å². The summed E-state index contributed by atoms with van der Waals surface area (Å²) in [5.41, 5.74) is -0.322. The molecule has 2 saturated heterocycles. The van der Waals surface area contributed by atoms with Crippen molar-refractivity contribution < 1.29 is 13.2 Å². The maximum Gasteiger partial charge on any atom is 0.214 e. The van der Waals surface area contributed by atoms with Crippen molar-refractivity contribution in [2.75, 3.05) is 25.4 Å². The smallest absolute Gasteiger partial charge is 0.214 e. The van der Waals surface area contributed by atoms with E-state index in [4.69, 9.17) is 4.74 Å². The van der Waals surface area contributed by atoms with E-state index >= 15 is 0 Å². The van der Waals surface area contributed by atoms with Crippen LogP contribution in [-0.2, 0) is 14.8 Å². The van der Waals surface area contributed by atoms with Crippen molar-refractivity contribution in [1.29, 1.82) is 0 Å². The molecule has 2 atom stereocenters. The normalized spacial score (nSPS) is 35.7. The Morgan fingerprint density at radius 1 is 1.56 bits per heavy atom. The van der Waals surface area contributed by atoms with Crippen LogP contribution in [0.3, 0.4) is 0 Å². The molecule has 0 aromatic carbocycles. The zero-order valence-electron chi connectivity index (χ0n) is 9.66. The van der Waals surface area contributed by atoms with Crippen molar-refractivity contribution in [2.45, 2.75) is 37.8 Å². The molecular weight excluding hydrogens is 228 g/mol. The van der Waals surface area contributed by atoms with Crippen LogP contribution in [0.25, 0.3) is 0 Å². The minimum atomic E-state index is -3.22. The summed E-state index contributed by atoms with van der Waals surface area (Å²) >= 11 is 0. The van der Waals surface area contributed by atoms with E-state index in [2.05, 4.69) is 10.0 Å². The summed E-state index contributed by atoms with van der Waals surface area (Å²) in [6, 6.07) is 0. The SMILES string of the molecule is CC1(NS(=O)(=O)CC2CCCO2)CCNC1. The van der Waals surface area contributed by atoms with E-state index in [0.717, 1.165) is 25.8 Å². The highest BCUT2D eigenvalue weighted by atomic mass is 32.2.